The van der Waals surface area contributed by atoms with Gasteiger partial charge in [-0.1, -0.05) is 0 Å². The predicted octanol–water partition coefficient (Wildman–Crippen LogP) is 1.23. The number of carbonyl (C=O) groups excluding carboxylic acids is 2. The van der Waals surface area contributed by atoms with Gasteiger partial charge in [-0.05, 0) is 50.5 Å². The molecule has 2 heterocycles. The molecule has 1 saturated heterocycles. The Labute approximate surface area is 142 Å². The molecule has 1 aliphatic heterocycles. The van der Waals surface area contributed by atoms with Gasteiger partial charge in [-0.25, -0.2) is 9.97 Å². The molecule has 1 saturated carbocycles. The lowest BCUT2D eigenvalue weighted by Gasteiger charge is -2.31. The van der Waals surface area contributed by atoms with E-state index in [0.29, 0.717) is 31.4 Å². The molecular weight excluding hydrogens is 304 g/mol. The number of likely N-dealkylation sites (tertiary alicyclic amines) is 1. The van der Waals surface area contributed by atoms with Crippen LogP contribution >= 0.6 is 0 Å². The van der Waals surface area contributed by atoms with Crippen molar-refractivity contribution in [3.8, 4) is 0 Å². The summed E-state index contributed by atoms with van der Waals surface area (Å²) in [4.78, 5) is 35.2. The summed E-state index contributed by atoms with van der Waals surface area (Å²) in [6, 6.07) is 0. The van der Waals surface area contributed by atoms with E-state index in [9.17, 15) is 9.59 Å². The molecular formula is C18H24N4O2. The Balaban J connectivity index is 1.25. The molecule has 6 heteroatoms. The van der Waals surface area contributed by atoms with E-state index in [4.69, 9.17) is 0 Å². The van der Waals surface area contributed by atoms with E-state index >= 15 is 0 Å². The lowest BCUT2D eigenvalue weighted by Crippen LogP contribution is -2.43. The van der Waals surface area contributed by atoms with Crippen LogP contribution in [0.4, 0.5) is 0 Å². The summed E-state index contributed by atoms with van der Waals surface area (Å²) >= 11 is 0. The molecule has 3 aliphatic rings. The van der Waals surface area contributed by atoms with Crippen LogP contribution < -0.4 is 5.32 Å². The van der Waals surface area contributed by atoms with Crippen molar-refractivity contribution in [1.82, 2.24) is 20.2 Å². The van der Waals surface area contributed by atoms with E-state index < -0.39 is 0 Å². The van der Waals surface area contributed by atoms with Gasteiger partial charge in [-0.3, -0.25) is 9.59 Å². The number of carbonyl (C=O) groups is 2. The van der Waals surface area contributed by atoms with Crippen LogP contribution in [0.25, 0.3) is 0 Å². The van der Waals surface area contributed by atoms with Gasteiger partial charge in [0.2, 0.25) is 11.8 Å². The van der Waals surface area contributed by atoms with Gasteiger partial charge in [0.1, 0.15) is 5.82 Å². The zero-order valence-corrected chi connectivity index (χ0v) is 14.0. The van der Waals surface area contributed by atoms with Gasteiger partial charge >= 0.3 is 0 Å². The van der Waals surface area contributed by atoms with E-state index in [0.717, 1.165) is 50.6 Å². The van der Waals surface area contributed by atoms with E-state index in [1.807, 2.05) is 11.1 Å². The molecule has 0 aromatic carbocycles. The first-order chi connectivity index (χ1) is 11.7. The first-order valence-corrected chi connectivity index (χ1v) is 9.11. The molecule has 0 radical (unpaired) electrons. The minimum atomic E-state index is 0.00248. The molecule has 4 rings (SSSR count). The Hall–Kier alpha value is -1.98. The molecule has 1 aromatic heterocycles. The molecule has 2 amide bonds. The van der Waals surface area contributed by atoms with E-state index in [1.54, 1.807) is 0 Å². The van der Waals surface area contributed by atoms with Gasteiger partial charge in [-0.15, -0.1) is 0 Å². The summed E-state index contributed by atoms with van der Waals surface area (Å²) in [5, 5.41) is 2.97. The number of nitrogens with zero attached hydrogens (tertiary/aromatic N) is 3. The van der Waals surface area contributed by atoms with Crippen LogP contribution in [0.2, 0.25) is 0 Å². The van der Waals surface area contributed by atoms with Crippen LogP contribution in [0, 0.1) is 11.8 Å². The summed E-state index contributed by atoms with van der Waals surface area (Å²) in [7, 11) is 0. The summed E-state index contributed by atoms with van der Waals surface area (Å²) in [6.45, 7) is 1.82. The molecule has 0 spiro atoms. The van der Waals surface area contributed by atoms with Crippen LogP contribution in [0.3, 0.4) is 0 Å². The molecule has 2 fully saturated rings. The molecule has 24 heavy (non-hydrogen) atoms. The molecule has 0 unspecified atom stereocenters. The number of fused-ring (bicyclic) bond motifs is 1. The fourth-order valence-corrected chi connectivity index (χ4v) is 3.70. The largest absolute Gasteiger partial charge is 0.349 e. The first kappa shape index (κ1) is 15.5. The van der Waals surface area contributed by atoms with Crippen LogP contribution in [0.15, 0.2) is 6.20 Å². The fraction of sp³-hybridized carbons (Fsp3) is 0.667. The maximum absolute atomic E-state index is 12.4. The Bertz CT molecular complexity index is 648. The number of nitrogens with one attached hydrogen (secondary N) is 1. The number of hydrogen-bond donors (Lipinski definition) is 1. The summed E-state index contributed by atoms with van der Waals surface area (Å²) in [5.74, 6) is 1.33. The first-order valence-electron chi connectivity index (χ1n) is 9.11. The van der Waals surface area contributed by atoms with Crippen molar-refractivity contribution in [2.24, 2.45) is 11.8 Å². The van der Waals surface area contributed by atoms with Crippen molar-refractivity contribution >= 4 is 11.8 Å². The summed E-state index contributed by atoms with van der Waals surface area (Å²) in [5.41, 5.74) is 2.39. The monoisotopic (exact) mass is 328 g/mol. The SMILES string of the molecule is O=C(NCc1ncc2c(n1)CCC2)C1CCN(C(=O)C2CC2)CC1. The Morgan fingerprint density at radius 1 is 1.12 bits per heavy atom. The minimum Gasteiger partial charge on any atom is -0.349 e. The van der Waals surface area contributed by atoms with Crippen molar-refractivity contribution in [2.45, 2.75) is 51.5 Å². The van der Waals surface area contributed by atoms with E-state index in [1.165, 1.54) is 5.56 Å². The predicted molar refractivity (Wildman–Crippen MR) is 87.9 cm³/mol. The lowest BCUT2D eigenvalue weighted by molar-refractivity contribution is -0.136. The maximum atomic E-state index is 12.4. The number of piperidine rings is 1. The highest BCUT2D eigenvalue weighted by Crippen LogP contribution is 2.32. The molecule has 0 atom stereocenters. The number of amides is 2. The lowest BCUT2D eigenvalue weighted by atomic mass is 9.95. The van der Waals surface area contributed by atoms with Gasteiger partial charge in [0, 0.05) is 36.8 Å². The van der Waals surface area contributed by atoms with Crippen LogP contribution in [0.1, 0.15) is 49.2 Å². The third kappa shape index (κ3) is 3.28. The quantitative estimate of drug-likeness (QED) is 0.902. The second-order valence-corrected chi connectivity index (χ2v) is 7.20. The van der Waals surface area contributed by atoms with Crippen LogP contribution in [-0.4, -0.2) is 39.8 Å². The Kier molecular flexibility index (Phi) is 4.21. The number of aryl methyl sites for hydroxylation is 2. The fourth-order valence-electron chi connectivity index (χ4n) is 3.70. The second-order valence-electron chi connectivity index (χ2n) is 7.20. The van der Waals surface area contributed by atoms with Gasteiger partial charge in [0.25, 0.3) is 0 Å². The van der Waals surface area contributed by atoms with Crippen LogP contribution in [0.5, 0.6) is 0 Å². The average molecular weight is 328 g/mol. The molecule has 2 aliphatic carbocycles. The van der Waals surface area contributed by atoms with Gasteiger partial charge in [0.15, 0.2) is 0 Å². The molecule has 1 N–H and O–H groups in total. The Morgan fingerprint density at radius 3 is 2.67 bits per heavy atom. The van der Waals surface area contributed by atoms with Crippen molar-refractivity contribution in [2.75, 3.05) is 13.1 Å². The third-order valence-electron chi connectivity index (χ3n) is 5.39. The van der Waals surface area contributed by atoms with Crippen molar-refractivity contribution in [3.63, 3.8) is 0 Å². The second kappa shape index (κ2) is 6.49. The number of rotatable bonds is 4. The third-order valence-corrected chi connectivity index (χ3v) is 5.39. The highest BCUT2D eigenvalue weighted by Gasteiger charge is 2.35. The van der Waals surface area contributed by atoms with Gasteiger partial charge in [0.05, 0.1) is 6.54 Å². The zero-order chi connectivity index (χ0) is 16.5. The minimum absolute atomic E-state index is 0.00248. The van der Waals surface area contributed by atoms with Crippen molar-refractivity contribution in [1.29, 1.82) is 0 Å². The normalized spacial score (nSPS) is 20.8. The van der Waals surface area contributed by atoms with E-state index in [-0.39, 0.29) is 17.7 Å². The Morgan fingerprint density at radius 2 is 1.92 bits per heavy atom. The standard InChI is InChI=1S/C18H24N4O2/c23-17(12-6-8-22(9-7-12)18(24)13-4-5-13)20-11-16-19-10-14-2-1-3-15(14)21-16/h10,12-13H,1-9,11H2,(H,20,23). The van der Waals surface area contributed by atoms with Crippen molar-refractivity contribution < 1.29 is 9.59 Å². The van der Waals surface area contributed by atoms with Gasteiger partial charge < -0.3 is 10.2 Å². The zero-order valence-electron chi connectivity index (χ0n) is 14.0. The summed E-state index contributed by atoms with van der Waals surface area (Å²) in [6.07, 6.45) is 8.74. The van der Waals surface area contributed by atoms with E-state index in [2.05, 4.69) is 15.3 Å². The smallest absolute Gasteiger partial charge is 0.225 e. The molecule has 1 aromatic rings. The maximum Gasteiger partial charge on any atom is 0.225 e. The van der Waals surface area contributed by atoms with Gasteiger partial charge in [-0.2, -0.15) is 0 Å². The molecule has 6 nitrogen and oxygen atoms in total. The average Bonchev–Trinajstić information content (AvgIpc) is 3.37. The molecule has 128 valence electrons. The van der Waals surface area contributed by atoms with Crippen LogP contribution in [-0.2, 0) is 29.0 Å². The highest BCUT2D eigenvalue weighted by molar-refractivity contribution is 5.82. The molecule has 0 bridgehead atoms. The highest BCUT2D eigenvalue weighted by atomic mass is 16.2. The number of hydrogen-bond acceptors (Lipinski definition) is 4. The number of aromatic nitrogens is 2. The van der Waals surface area contributed by atoms with Crippen molar-refractivity contribution in [3.05, 3.63) is 23.3 Å². The summed E-state index contributed by atoms with van der Waals surface area (Å²) < 4.78 is 0. The topological polar surface area (TPSA) is 75.2 Å².